The van der Waals surface area contributed by atoms with Gasteiger partial charge in [-0.05, 0) is 39.5 Å². The van der Waals surface area contributed by atoms with Crippen molar-refractivity contribution in [3.8, 4) is 0 Å². The molecule has 24 heavy (non-hydrogen) atoms. The summed E-state index contributed by atoms with van der Waals surface area (Å²) in [6.07, 6.45) is 3.30. The molecule has 4 N–H and O–H groups in total. The van der Waals surface area contributed by atoms with Crippen molar-refractivity contribution in [2.24, 2.45) is 22.7 Å². The predicted octanol–water partition coefficient (Wildman–Crippen LogP) is 1.92. The second-order valence-electron chi connectivity index (χ2n) is 7.01. The third-order valence-corrected chi connectivity index (χ3v) is 5.49. The lowest BCUT2D eigenvalue weighted by Gasteiger charge is -2.23. The van der Waals surface area contributed by atoms with Crippen LogP contribution in [0.25, 0.3) is 0 Å². The van der Waals surface area contributed by atoms with E-state index >= 15 is 0 Å². The van der Waals surface area contributed by atoms with Gasteiger partial charge in [0.15, 0.2) is 0 Å². The first kappa shape index (κ1) is 19.9. The lowest BCUT2D eigenvalue weighted by molar-refractivity contribution is -0.159. The number of aliphatic carboxylic acids is 4. The largest absolute Gasteiger partial charge is 0.481 e. The molecule has 2 aliphatic carbocycles. The van der Waals surface area contributed by atoms with E-state index < -0.39 is 46.5 Å². The van der Waals surface area contributed by atoms with Crippen LogP contribution >= 0.6 is 0 Å². The first-order valence-corrected chi connectivity index (χ1v) is 7.89. The Kier molecular flexibility index (Phi) is 5.97. The Bertz CT molecular complexity index is 494. The van der Waals surface area contributed by atoms with Gasteiger partial charge < -0.3 is 20.4 Å². The second kappa shape index (κ2) is 7.19. The highest BCUT2D eigenvalue weighted by molar-refractivity contribution is 5.84. The average molecular weight is 344 g/mol. The third kappa shape index (κ3) is 3.68. The standard InChI is InChI=1S/2C8H12O4/c2*1-8(7(11)12)4-2-3-5(8)6(9)10/h2*5H,2-4H2,1H3,(H,9,10)(H,11,12). The molecule has 4 unspecified atom stereocenters. The Balaban J connectivity index is 0.000000240. The van der Waals surface area contributed by atoms with E-state index in [9.17, 15) is 19.2 Å². The molecule has 8 heteroatoms. The quantitative estimate of drug-likeness (QED) is 0.604. The van der Waals surface area contributed by atoms with E-state index in [4.69, 9.17) is 20.4 Å². The zero-order valence-electron chi connectivity index (χ0n) is 13.8. The molecule has 0 spiro atoms. The summed E-state index contributed by atoms with van der Waals surface area (Å²) in [4.78, 5) is 42.9. The van der Waals surface area contributed by atoms with Crippen LogP contribution in [0, 0.1) is 22.7 Å². The van der Waals surface area contributed by atoms with Gasteiger partial charge in [-0.3, -0.25) is 19.2 Å². The summed E-state index contributed by atoms with van der Waals surface area (Å²) in [5, 5.41) is 35.1. The fourth-order valence-electron chi connectivity index (χ4n) is 3.64. The molecule has 0 radical (unpaired) electrons. The summed E-state index contributed by atoms with van der Waals surface area (Å²) in [5.74, 6) is -5.39. The van der Waals surface area contributed by atoms with Gasteiger partial charge in [0.1, 0.15) is 0 Å². The van der Waals surface area contributed by atoms with Crippen LogP contribution in [0.4, 0.5) is 0 Å². The van der Waals surface area contributed by atoms with E-state index in [0.29, 0.717) is 38.5 Å². The van der Waals surface area contributed by atoms with Crippen molar-refractivity contribution < 1.29 is 39.6 Å². The molecule has 2 saturated carbocycles. The predicted molar refractivity (Wildman–Crippen MR) is 81.4 cm³/mol. The molecular weight excluding hydrogens is 320 g/mol. The van der Waals surface area contributed by atoms with Crippen LogP contribution in [0.15, 0.2) is 0 Å². The molecule has 2 aliphatic rings. The van der Waals surface area contributed by atoms with Gasteiger partial charge in [-0.1, -0.05) is 12.8 Å². The van der Waals surface area contributed by atoms with Crippen LogP contribution in [-0.4, -0.2) is 44.3 Å². The molecule has 0 bridgehead atoms. The van der Waals surface area contributed by atoms with Gasteiger partial charge in [0.2, 0.25) is 0 Å². The average Bonchev–Trinajstić information content (AvgIpc) is 3.04. The Hall–Kier alpha value is -2.12. The van der Waals surface area contributed by atoms with E-state index in [0.717, 1.165) is 0 Å². The maximum Gasteiger partial charge on any atom is 0.310 e. The maximum absolute atomic E-state index is 10.8. The zero-order chi connectivity index (χ0) is 18.7. The Labute approximate surface area is 139 Å². The number of hydrogen-bond donors (Lipinski definition) is 4. The molecule has 0 aliphatic heterocycles. The van der Waals surface area contributed by atoms with Crippen LogP contribution in [-0.2, 0) is 19.2 Å². The molecule has 2 fully saturated rings. The van der Waals surface area contributed by atoms with E-state index in [1.54, 1.807) is 0 Å². The van der Waals surface area contributed by atoms with E-state index in [1.807, 2.05) is 0 Å². The van der Waals surface area contributed by atoms with Crippen LogP contribution in [0.3, 0.4) is 0 Å². The van der Waals surface area contributed by atoms with Crippen molar-refractivity contribution in [3.63, 3.8) is 0 Å². The molecule has 136 valence electrons. The van der Waals surface area contributed by atoms with Gasteiger partial charge in [-0.15, -0.1) is 0 Å². The maximum atomic E-state index is 10.8. The van der Waals surface area contributed by atoms with Crippen molar-refractivity contribution >= 4 is 23.9 Å². The van der Waals surface area contributed by atoms with Crippen molar-refractivity contribution in [2.75, 3.05) is 0 Å². The molecule has 8 nitrogen and oxygen atoms in total. The van der Waals surface area contributed by atoms with Gasteiger partial charge in [0, 0.05) is 0 Å². The number of carboxylic acids is 4. The zero-order valence-corrected chi connectivity index (χ0v) is 13.8. The first-order valence-electron chi connectivity index (χ1n) is 7.89. The molecule has 2 rings (SSSR count). The van der Waals surface area contributed by atoms with Crippen LogP contribution in [0.5, 0.6) is 0 Å². The third-order valence-electron chi connectivity index (χ3n) is 5.49. The fourth-order valence-corrected chi connectivity index (χ4v) is 3.64. The highest BCUT2D eigenvalue weighted by Crippen LogP contribution is 2.44. The topological polar surface area (TPSA) is 149 Å². The van der Waals surface area contributed by atoms with Gasteiger partial charge in [0.25, 0.3) is 0 Å². The minimum atomic E-state index is -1.05. The molecule has 4 atom stereocenters. The van der Waals surface area contributed by atoms with E-state index in [-0.39, 0.29) is 0 Å². The van der Waals surface area contributed by atoms with Crippen molar-refractivity contribution in [2.45, 2.75) is 52.4 Å². The van der Waals surface area contributed by atoms with Crippen LogP contribution in [0.2, 0.25) is 0 Å². The Morgan fingerprint density at radius 2 is 1.00 bits per heavy atom. The summed E-state index contributed by atoms with van der Waals surface area (Å²) >= 11 is 0. The van der Waals surface area contributed by atoms with Crippen LogP contribution < -0.4 is 0 Å². The molecule has 0 aromatic carbocycles. The minimum absolute atomic E-state index is 0.472. The van der Waals surface area contributed by atoms with E-state index in [2.05, 4.69) is 0 Å². The number of carboxylic acid groups (broad SMARTS) is 4. The lowest BCUT2D eigenvalue weighted by Crippen LogP contribution is -2.35. The summed E-state index contributed by atoms with van der Waals surface area (Å²) in [7, 11) is 0. The summed E-state index contributed by atoms with van der Waals surface area (Å²) < 4.78 is 0. The van der Waals surface area contributed by atoms with Gasteiger partial charge in [-0.25, -0.2) is 0 Å². The summed E-state index contributed by atoms with van der Waals surface area (Å²) in [6, 6.07) is 0. The SMILES string of the molecule is CC1(C(=O)O)CCCC1C(=O)O.CC1(C(=O)O)CCCC1C(=O)O. The number of carbonyl (C=O) groups is 4. The minimum Gasteiger partial charge on any atom is -0.481 e. The van der Waals surface area contributed by atoms with Gasteiger partial charge in [0.05, 0.1) is 22.7 Å². The van der Waals surface area contributed by atoms with Gasteiger partial charge in [-0.2, -0.15) is 0 Å². The number of rotatable bonds is 4. The monoisotopic (exact) mass is 344 g/mol. The van der Waals surface area contributed by atoms with E-state index in [1.165, 1.54) is 13.8 Å². The Morgan fingerprint density at radius 3 is 1.17 bits per heavy atom. The highest BCUT2D eigenvalue weighted by Gasteiger charge is 2.49. The lowest BCUT2D eigenvalue weighted by atomic mass is 9.80. The van der Waals surface area contributed by atoms with Crippen molar-refractivity contribution in [3.05, 3.63) is 0 Å². The molecule has 0 heterocycles. The first-order chi connectivity index (χ1) is 11.0. The normalized spacial score (nSPS) is 34.9. The summed E-state index contributed by atoms with van der Waals surface area (Å²) in [6.45, 7) is 3.03. The number of hydrogen-bond acceptors (Lipinski definition) is 4. The molecule has 0 aromatic heterocycles. The molecule has 0 saturated heterocycles. The molecule has 0 amide bonds. The van der Waals surface area contributed by atoms with Crippen molar-refractivity contribution in [1.29, 1.82) is 0 Å². The molecular formula is C16H24O8. The Morgan fingerprint density at radius 1 is 0.708 bits per heavy atom. The highest BCUT2D eigenvalue weighted by atomic mass is 16.4. The van der Waals surface area contributed by atoms with Crippen molar-refractivity contribution in [1.82, 2.24) is 0 Å². The fraction of sp³-hybridized carbons (Fsp3) is 0.750. The molecule has 0 aromatic rings. The van der Waals surface area contributed by atoms with Crippen LogP contribution in [0.1, 0.15) is 52.4 Å². The summed E-state index contributed by atoms with van der Waals surface area (Å²) in [5.41, 5.74) is -2.10. The second-order valence-corrected chi connectivity index (χ2v) is 7.01. The van der Waals surface area contributed by atoms with Gasteiger partial charge >= 0.3 is 23.9 Å². The smallest absolute Gasteiger partial charge is 0.310 e.